The molecule has 0 spiro atoms. The molecule has 2 unspecified atom stereocenters. The van der Waals surface area contributed by atoms with Crippen LogP contribution in [0.3, 0.4) is 0 Å². The van der Waals surface area contributed by atoms with Crippen molar-refractivity contribution in [2.24, 2.45) is 18.9 Å². The summed E-state index contributed by atoms with van der Waals surface area (Å²) in [5, 5.41) is 7.21. The van der Waals surface area contributed by atoms with Crippen LogP contribution < -0.4 is 16.0 Å². The average molecular weight is 485 g/mol. The van der Waals surface area contributed by atoms with E-state index in [1.54, 1.807) is 10.9 Å². The number of allylic oxidation sites excluding steroid dienone is 2. The summed E-state index contributed by atoms with van der Waals surface area (Å²) >= 11 is 0.856. The lowest BCUT2D eigenvalue weighted by Crippen LogP contribution is -2.28. The molecule has 3 aromatic rings. The maximum atomic E-state index is 14.2. The maximum Gasteiger partial charge on any atom is 0.277 e. The largest absolute Gasteiger partial charge is 0.389 e. The van der Waals surface area contributed by atoms with Crippen LogP contribution in [0.1, 0.15) is 23.3 Å². The summed E-state index contributed by atoms with van der Waals surface area (Å²) in [5.74, 6) is -0.690. The van der Waals surface area contributed by atoms with Gasteiger partial charge < -0.3 is 16.0 Å². The Hall–Kier alpha value is -3.53. The van der Waals surface area contributed by atoms with Crippen LogP contribution in [0.15, 0.2) is 49.7 Å². The molecule has 3 heterocycles. The third-order valence-electron chi connectivity index (χ3n) is 6.12. The molecule has 0 bridgehead atoms. The fourth-order valence-corrected chi connectivity index (χ4v) is 5.20. The summed E-state index contributed by atoms with van der Waals surface area (Å²) in [6.45, 7) is 9.44. The standard InChI is InChI=1S/C24H26F2N6OS/c1-4-14-9-11-32(12-10-15(14)5-2)24-18(13-28-31(24)3)29-22(33)20-21(27)34-23(30-20)19-16(25)7-6-8-17(19)26/h4-8,13-15H,1-2,9-12,27H2,3H3,(H,29,33). The molecule has 2 aromatic heterocycles. The Morgan fingerprint density at radius 3 is 2.41 bits per heavy atom. The molecule has 0 saturated carbocycles. The van der Waals surface area contributed by atoms with E-state index in [1.165, 1.54) is 6.07 Å². The first kappa shape index (κ1) is 23.6. The first-order chi connectivity index (χ1) is 16.3. The lowest BCUT2D eigenvalue weighted by Gasteiger charge is -2.24. The molecule has 1 saturated heterocycles. The molecule has 2 atom stereocenters. The molecular formula is C24H26F2N6OS. The first-order valence-corrected chi connectivity index (χ1v) is 11.7. The second kappa shape index (κ2) is 9.76. The lowest BCUT2D eigenvalue weighted by atomic mass is 9.88. The van der Waals surface area contributed by atoms with Gasteiger partial charge in [-0.3, -0.25) is 9.48 Å². The number of thiazole rings is 1. The molecule has 34 heavy (non-hydrogen) atoms. The van der Waals surface area contributed by atoms with Crippen LogP contribution in [0.25, 0.3) is 10.6 Å². The highest BCUT2D eigenvalue weighted by Crippen LogP contribution is 2.35. The minimum atomic E-state index is -0.771. The Bertz CT molecular complexity index is 1200. The Labute approximate surface area is 200 Å². The number of benzene rings is 1. The summed E-state index contributed by atoms with van der Waals surface area (Å²) in [6, 6.07) is 3.53. The third kappa shape index (κ3) is 4.45. The number of aryl methyl sites for hydroxylation is 1. The smallest absolute Gasteiger partial charge is 0.277 e. The summed E-state index contributed by atoms with van der Waals surface area (Å²) in [7, 11) is 1.81. The van der Waals surface area contributed by atoms with Gasteiger partial charge in [-0.2, -0.15) is 5.10 Å². The van der Waals surface area contributed by atoms with Crippen molar-refractivity contribution < 1.29 is 13.6 Å². The average Bonchev–Trinajstić information content (AvgIpc) is 3.28. The Morgan fingerprint density at radius 2 is 1.82 bits per heavy atom. The van der Waals surface area contributed by atoms with Gasteiger partial charge in [-0.25, -0.2) is 13.8 Å². The van der Waals surface area contributed by atoms with Gasteiger partial charge in [-0.05, 0) is 36.8 Å². The number of nitrogen functional groups attached to an aromatic ring is 1. The molecule has 1 aromatic carbocycles. The van der Waals surface area contributed by atoms with Crippen LogP contribution in [-0.2, 0) is 7.05 Å². The quantitative estimate of drug-likeness (QED) is 0.488. The number of halogens is 2. The number of hydrogen-bond acceptors (Lipinski definition) is 6. The summed E-state index contributed by atoms with van der Waals surface area (Å²) < 4.78 is 30.1. The van der Waals surface area contributed by atoms with Crippen LogP contribution in [0.4, 0.5) is 25.3 Å². The zero-order valence-electron chi connectivity index (χ0n) is 18.8. The van der Waals surface area contributed by atoms with Gasteiger partial charge in [0.25, 0.3) is 5.91 Å². The van der Waals surface area contributed by atoms with E-state index in [0.717, 1.165) is 55.2 Å². The predicted molar refractivity (Wildman–Crippen MR) is 132 cm³/mol. The number of carbonyl (C=O) groups is 1. The molecule has 0 radical (unpaired) electrons. The van der Waals surface area contributed by atoms with E-state index in [9.17, 15) is 13.6 Å². The van der Waals surface area contributed by atoms with Gasteiger partial charge in [0.05, 0.1) is 11.8 Å². The zero-order valence-corrected chi connectivity index (χ0v) is 19.6. The van der Waals surface area contributed by atoms with Gasteiger partial charge in [0, 0.05) is 20.1 Å². The molecule has 10 heteroatoms. The monoisotopic (exact) mass is 484 g/mol. The Balaban J connectivity index is 1.58. The number of rotatable bonds is 6. The van der Waals surface area contributed by atoms with E-state index in [1.807, 2.05) is 19.2 Å². The van der Waals surface area contributed by atoms with E-state index in [2.05, 4.69) is 33.5 Å². The van der Waals surface area contributed by atoms with Crippen LogP contribution in [0.2, 0.25) is 0 Å². The number of nitrogens with zero attached hydrogens (tertiary/aromatic N) is 4. The van der Waals surface area contributed by atoms with E-state index >= 15 is 0 Å². The van der Waals surface area contributed by atoms with Crippen molar-refractivity contribution >= 4 is 33.8 Å². The molecule has 7 nitrogen and oxygen atoms in total. The molecule has 1 aliphatic rings. The minimum absolute atomic E-state index is 0.00288. The normalized spacial score (nSPS) is 18.4. The zero-order chi connectivity index (χ0) is 24.4. The summed E-state index contributed by atoms with van der Waals surface area (Å²) in [4.78, 5) is 19.4. The van der Waals surface area contributed by atoms with E-state index in [4.69, 9.17) is 5.73 Å². The highest BCUT2D eigenvalue weighted by atomic mass is 32.1. The third-order valence-corrected chi connectivity index (χ3v) is 7.02. The van der Waals surface area contributed by atoms with Crippen molar-refractivity contribution in [2.45, 2.75) is 12.8 Å². The summed E-state index contributed by atoms with van der Waals surface area (Å²) in [6.07, 6.45) is 7.31. The SMILES string of the molecule is C=CC1CCN(c2c(NC(=O)c3nc(-c4c(F)cccc4F)sc3N)cnn2C)CCC1C=C. The Kier molecular flexibility index (Phi) is 6.78. The number of hydrogen-bond donors (Lipinski definition) is 2. The van der Waals surface area contributed by atoms with Crippen molar-refractivity contribution in [2.75, 3.05) is 29.0 Å². The second-order valence-corrected chi connectivity index (χ2v) is 9.18. The van der Waals surface area contributed by atoms with Crippen LogP contribution in [-0.4, -0.2) is 33.8 Å². The lowest BCUT2D eigenvalue weighted by molar-refractivity contribution is 0.102. The van der Waals surface area contributed by atoms with E-state index in [-0.39, 0.29) is 21.3 Å². The highest BCUT2D eigenvalue weighted by molar-refractivity contribution is 7.19. The fraction of sp³-hybridized carbons (Fsp3) is 0.292. The fourth-order valence-electron chi connectivity index (χ4n) is 4.33. The number of amides is 1. The first-order valence-electron chi connectivity index (χ1n) is 10.9. The number of carbonyl (C=O) groups excluding carboxylic acids is 1. The Morgan fingerprint density at radius 1 is 1.21 bits per heavy atom. The highest BCUT2D eigenvalue weighted by Gasteiger charge is 2.27. The maximum absolute atomic E-state index is 14.2. The molecule has 178 valence electrons. The van der Waals surface area contributed by atoms with Crippen molar-refractivity contribution in [1.29, 1.82) is 0 Å². The molecule has 1 amide bonds. The van der Waals surface area contributed by atoms with Gasteiger partial charge in [0.1, 0.15) is 27.3 Å². The van der Waals surface area contributed by atoms with Crippen LogP contribution in [0.5, 0.6) is 0 Å². The molecule has 4 rings (SSSR count). The summed E-state index contributed by atoms with van der Waals surface area (Å²) in [5.41, 5.74) is 6.11. The van der Waals surface area contributed by atoms with Gasteiger partial charge in [0.2, 0.25) is 0 Å². The van der Waals surface area contributed by atoms with Gasteiger partial charge in [-0.1, -0.05) is 29.6 Å². The van der Waals surface area contributed by atoms with Crippen LogP contribution in [0, 0.1) is 23.5 Å². The van der Waals surface area contributed by atoms with Crippen molar-refractivity contribution in [1.82, 2.24) is 14.8 Å². The number of aromatic nitrogens is 3. The van der Waals surface area contributed by atoms with Gasteiger partial charge in [-0.15, -0.1) is 13.2 Å². The second-order valence-electron chi connectivity index (χ2n) is 8.15. The number of nitrogens with one attached hydrogen (secondary N) is 1. The molecule has 1 fully saturated rings. The molecule has 3 N–H and O–H groups in total. The van der Waals surface area contributed by atoms with Crippen molar-refractivity contribution in [3.63, 3.8) is 0 Å². The van der Waals surface area contributed by atoms with E-state index in [0.29, 0.717) is 17.5 Å². The van der Waals surface area contributed by atoms with Crippen molar-refractivity contribution in [3.8, 4) is 10.6 Å². The molecule has 0 aliphatic carbocycles. The predicted octanol–water partition coefficient (Wildman–Crippen LogP) is 4.86. The molecule has 1 aliphatic heterocycles. The number of nitrogens with two attached hydrogens (primary N) is 1. The number of anilines is 3. The van der Waals surface area contributed by atoms with Gasteiger partial charge >= 0.3 is 0 Å². The van der Waals surface area contributed by atoms with Crippen LogP contribution >= 0.6 is 11.3 Å². The molecular weight excluding hydrogens is 458 g/mol. The van der Waals surface area contributed by atoms with Crippen molar-refractivity contribution in [3.05, 3.63) is 67.0 Å². The minimum Gasteiger partial charge on any atom is -0.389 e. The van der Waals surface area contributed by atoms with Gasteiger partial charge in [0.15, 0.2) is 11.5 Å². The topological polar surface area (TPSA) is 89.1 Å². The van der Waals surface area contributed by atoms with E-state index < -0.39 is 17.5 Å².